The number of nitriles is 1. The molecule has 5 heterocycles. The van der Waals surface area contributed by atoms with Gasteiger partial charge in [0.1, 0.15) is 5.82 Å². The van der Waals surface area contributed by atoms with Crippen molar-refractivity contribution in [2.75, 3.05) is 37.5 Å². The van der Waals surface area contributed by atoms with E-state index >= 15 is 0 Å². The number of fused-ring (bicyclic) bond motifs is 2. The molecule has 3 saturated heterocycles. The fourth-order valence-electron chi connectivity index (χ4n) is 5.32. The molecule has 3 aliphatic rings. The molecule has 0 spiro atoms. The molecule has 3 atom stereocenters. The van der Waals surface area contributed by atoms with Crippen LogP contribution in [-0.2, 0) is 16.8 Å². The van der Waals surface area contributed by atoms with Gasteiger partial charge in [-0.25, -0.2) is 4.98 Å². The van der Waals surface area contributed by atoms with Gasteiger partial charge in [-0.05, 0) is 25.7 Å². The molecule has 3 fully saturated rings. The second-order valence-corrected chi connectivity index (χ2v) is 12.4. The van der Waals surface area contributed by atoms with Crippen molar-refractivity contribution in [3.05, 3.63) is 17.1 Å². The fraction of sp³-hybridized carbons (Fsp3) is 0.636. The summed E-state index contributed by atoms with van der Waals surface area (Å²) in [4.78, 5) is 16.1. The summed E-state index contributed by atoms with van der Waals surface area (Å²) in [6, 6.07) is 3.87. The number of hydrogen-bond acceptors (Lipinski definition) is 11. The molecule has 0 unspecified atom stereocenters. The van der Waals surface area contributed by atoms with E-state index in [0.29, 0.717) is 35.6 Å². The molecule has 2 aromatic heterocycles. The largest absolute Gasteiger partial charge is 0.481 e. The summed E-state index contributed by atoms with van der Waals surface area (Å²) in [6.45, 7) is 0.487. The van der Waals surface area contributed by atoms with Gasteiger partial charge in [-0.15, -0.1) is 0 Å². The number of rotatable bonds is 8. The number of methoxy groups -OCH3 is 1. The van der Waals surface area contributed by atoms with Crippen LogP contribution in [0, 0.1) is 17.2 Å². The van der Waals surface area contributed by atoms with Crippen molar-refractivity contribution in [3.63, 3.8) is 0 Å². The van der Waals surface area contributed by atoms with Crippen LogP contribution >= 0.6 is 11.3 Å². The summed E-state index contributed by atoms with van der Waals surface area (Å²) >= 11 is 1.32. The number of hydrogen-bond donors (Lipinski definition) is 2. The topological polar surface area (TPSA) is 148 Å². The van der Waals surface area contributed by atoms with Gasteiger partial charge < -0.3 is 14.7 Å². The van der Waals surface area contributed by atoms with Crippen molar-refractivity contribution >= 4 is 38.4 Å². The zero-order chi connectivity index (χ0) is 25.4. The Labute approximate surface area is 214 Å². The van der Waals surface area contributed by atoms with Crippen LogP contribution in [0.5, 0.6) is 5.88 Å². The number of anilines is 3. The first-order chi connectivity index (χ1) is 17.3. The summed E-state index contributed by atoms with van der Waals surface area (Å²) in [6.07, 6.45) is 5.66. The Balaban J connectivity index is 1.34. The number of nitrogens with zero attached hydrogens (tertiary/aromatic N) is 7. The monoisotopic (exact) mass is 534 g/mol. The highest BCUT2D eigenvalue weighted by Crippen LogP contribution is 2.40. The van der Waals surface area contributed by atoms with E-state index < -0.39 is 10.2 Å². The summed E-state index contributed by atoms with van der Waals surface area (Å²) in [5, 5.41) is 22.0. The van der Waals surface area contributed by atoms with Crippen LogP contribution in [0.1, 0.15) is 37.0 Å². The molecule has 12 nitrogen and oxygen atoms in total. The molecule has 0 amide bonds. The van der Waals surface area contributed by atoms with Crippen molar-refractivity contribution in [2.24, 2.45) is 5.92 Å². The maximum Gasteiger partial charge on any atom is 0.282 e. The van der Waals surface area contributed by atoms with E-state index in [1.807, 2.05) is 7.05 Å². The number of ether oxygens (including phenoxy) is 1. The SMILES string of the molecule is COc1cc(N(C)[C@@H]2C[C@H]3CCC[C@@H](C2)N3S(=O)(=O)N2CC(C#N)C2)nc(Nc2ncc(CO)s2)n1. The highest BCUT2D eigenvalue weighted by Gasteiger charge is 2.49. The lowest BCUT2D eigenvalue weighted by Crippen LogP contribution is -2.64. The van der Waals surface area contributed by atoms with E-state index in [9.17, 15) is 13.5 Å². The first-order valence-electron chi connectivity index (χ1n) is 12.0. The molecule has 0 aliphatic carbocycles. The van der Waals surface area contributed by atoms with Gasteiger partial charge in [0.25, 0.3) is 10.2 Å². The number of thiazole rings is 1. The zero-order valence-corrected chi connectivity index (χ0v) is 21.9. The van der Waals surface area contributed by atoms with Crippen LogP contribution in [0.25, 0.3) is 0 Å². The normalized spacial score (nSPS) is 25.1. The first-order valence-corrected chi connectivity index (χ1v) is 14.2. The first kappa shape index (κ1) is 25.1. The second-order valence-electron chi connectivity index (χ2n) is 9.46. The Kier molecular flexibility index (Phi) is 7.01. The summed E-state index contributed by atoms with van der Waals surface area (Å²) in [5.74, 6) is 1.19. The standard InChI is InChI=1S/C22H30N8O4S2/c1-28(19-8-20(34-2)26-21(25-19)27-22-24-10-18(13-31)35-22)17-6-15-4-3-5-16(7-17)30(15)36(32,33)29-11-14(9-23)12-29/h8,10,14-17,31H,3-7,11-13H2,1-2H3,(H,24,25,26,27)/t15-,16+,17-. The molecule has 5 rings (SSSR count). The van der Waals surface area contributed by atoms with Crippen molar-refractivity contribution in [3.8, 4) is 11.9 Å². The third-order valence-corrected chi connectivity index (χ3v) is 10.2. The Morgan fingerprint density at radius 3 is 2.64 bits per heavy atom. The molecule has 36 heavy (non-hydrogen) atoms. The van der Waals surface area contributed by atoms with Crippen molar-refractivity contribution in [2.45, 2.75) is 56.8 Å². The lowest BCUT2D eigenvalue weighted by Gasteiger charge is -2.51. The van der Waals surface area contributed by atoms with E-state index in [4.69, 9.17) is 10.00 Å². The van der Waals surface area contributed by atoms with Gasteiger partial charge in [0.05, 0.1) is 30.6 Å². The number of nitrogens with one attached hydrogen (secondary N) is 1. The third kappa shape index (κ3) is 4.73. The highest BCUT2D eigenvalue weighted by atomic mass is 32.2. The molecule has 0 aromatic carbocycles. The average Bonchev–Trinajstić information content (AvgIpc) is 3.29. The van der Waals surface area contributed by atoms with Crippen molar-refractivity contribution in [1.29, 1.82) is 5.26 Å². The van der Waals surface area contributed by atoms with Gasteiger partial charge in [0.15, 0.2) is 5.13 Å². The van der Waals surface area contributed by atoms with E-state index in [-0.39, 0.29) is 43.7 Å². The van der Waals surface area contributed by atoms with Gasteiger partial charge in [0, 0.05) is 50.5 Å². The van der Waals surface area contributed by atoms with E-state index in [1.54, 1.807) is 23.7 Å². The Bertz CT molecular complexity index is 1230. The minimum Gasteiger partial charge on any atom is -0.481 e. The Hall–Kier alpha value is -2.57. The number of piperidine rings is 2. The minimum absolute atomic E-state index is 0.0790. The van der Waals surface area contributed by atoms with Crippen LogP contribution in [0.2, 0.25) is 0 Å². The van der Waals surface area contributed by atoms with Gasteiger partial charge in [-0.2, -0.15) is 32.3 Å². The maximum atomic E-state index is 13.4. The van der Waals surface area contributed by atoms with Gasteiger partial charge in [0.2, 0.25) is 11.8 Å². The minimum atomic E-state index is -3.58. The quantitative estimate of drug-likeness (QED) is 0.513. The third-order valence-electron chi connectivity index (χ3n) is 7.24. The molecule has 14 heteroatoms. The van der Waals surface area contributed by atoms with Crippen LogP contribution < -0.4 is 15.0 Å². The summed E-state index contributed by atoms with van der Waals surface area (Å²) in [5.41, 5.74) is 0. The van der Waals surface area contributed by atoms with Crippen molar-refractivity contribution < 1.29 is 18.3 Å². The lowest BCUT2D eigenvalue weighted by atomic mass is 9.83. The second kappa shape index (κ2) is 10.1. The molecule has 194 valence electrons. The predicted molar refractivity (Wildman–Crippen MR) is 134 cm³/mol. The summed E-state index contributed by atoms with van der Waals surface area (Å²) in [7, 11) is -0.0620. The summed E-state index contributed by atoms with van der Waals surface area (Å²) < 4.78 is 35.3. The Morgan fingerprint density at radius 2 is 2.03 bits per heavy atom. The van der Waals surface area contributed by atoms with E-state index in [0.717, 1.165) is 24.1 Å². The van der Waals surface area contributed by atoms with Gasteiger partial charge in [-0.3, -0.25) is 5.32 Å². The molecule has 2 bridgehead atoms. The maximum absolute atomic E-state index is 13.4. The Morgan fingerprint density at radius 1 is 1.31 bits per heavy atom. The van der Waals surface area contributed by atoms with E-state index in [2.05, 4.69) is 31.2 Å². The van der Waals surface area contributed by atoms with E-state index in [1.165, 1.54) is 15.6 Å². The van der Waals surface area contributed by atoms with Crippen molar-refractivity contribution in [1.82, 2.24) is 23.6 Å². The van der Waals surface area contributed by atoms with Gasteiger partial charge in [-0.1, -0.05) is 17.8 Å². The molecule has 0 saturated carbocycles. The van der Waals surface area contributed by atoms with Crippen LogP contribution in [0.15, 0.2) is 12.3 Å². The zero-order valence-electron chi connectivity index (χ0n) is 20.2. The highest BCUT2D eigenvalue weighted by molar-refractivity contribution is 7.86. The molecular weight excluding hydrogens is 504 g/mol. The molecule has 0 radical (unpaired) electrons. The van der Waals surface area contributed by atoms with Crippen LogP contribution in [0.3, 0.4) is 0 Å². The number of aliphatic hydroxyl groups is 1. The number of aliphatic hydroxyl groups excluding tert-OH is 1. The van der Waals surface area contributed by atoms with Crippen LogP contribution in [-0.4, -0.2) is 82.5 Å². The van der Waals surface area contributed by atoms with Gasteiger partial charge >= 0.3 is 0 Å². The fourth-order valence-corrected chi connectivity index (χ4v) is 8.13. The smallest absolute Gasteiger partial charge is 0.282 e. The van der Waals surface area contributed by atoms with Crippen LogP contribution in [0.4, 0.5) is 16.9 Å². The molecular formula is C22H30N8O4S2. The average molecular weight is 535 g/mol. The lowest BCUT2D eigenvalue weighted by molar-refractivity contribution is 0.0932. The molecule has 2 aromatic rings. The molecule has 3 aliphatic heterocycles. The predicted octanol–water partition coefficient (Wildman–Crippen LogP) is 1.70. The molecule has 2 N–H and O–H groups in total. The number of aromatic nitrogens is 3.